The van der Waals surface area contributed by atoms with Crippen LogP contribution in [-0.4, -0.2) is 16.0 Å². The van der Waals surface area contributed by atoms with Crippen molar-refractivity contribution in [1.29, 1.82) is 0 Å². The third-order valence-electron chi connectivity index (χ3n) is 4.50. The van der Waals surface area contributed by atoms with E-state index in [0.29, 0.717) is 6.04 Å². The van der Waals surface area contributed by atoms with Crippen molar-refractivity contribution in [2.24, 2.45) is 11.8 Å². The molecule has 2 fully saturated rings. The molecule has 1 aromatic heterocycles. The van der Waals surface area contributed by atoms with Gasteiger partial charge < -0.3 is 5.32 Å². The summed E-state index contributed by atoms with van der Waals surface area (Å²) in [6.07, 6.45) is 5.87. The van der Waals surface area contributed by atoms with Gasteiger partial charge in [0.15, 0.2) is 0 Å². The number of benzene rings is 1. The second-order valence-electron chi connectivity index (χ2n) is 5.67. The molecule has 0 saturated heterocycles. The van der Waals surface area contributed by atoms with Gasteiger partial charge in [0.1, 0.15) is 12.1 Å². The quantitative estimate of drug-likeness (QED) is 0.874. The lowest BCUT2D eigenvalue weighted by atomic mass is 10.1. The van der Waals surface area contributed by atoms with E-state index in [-0.39, 0.29) is 0 Å². The van der Waals surface area contributed by atoms with Crippen molar-refractivity contribution in [3.05, 3.63) is 30.1 Å². The van der Waals surface area contributed by atoms with Crippen LogP contribution in [0, 0.1) is 18.8 Å². The Labute approximate surface area is 107 Å². The van der Waals surface area contributed by atoms with Crippen molar-refractivity contribution >= 4 is 16.7 Å². The van der Waals surface area contributed by atoms with Gasteiger partial charge in [-0.15, -0.1) is 0 Å². The summed E-state index contributed by atoms with van der Waals surface area (Å²) in [6.45, 7) is 2.11. The molecular formula is C15H17N3. The van der Waals surface area contributed by atoms with E-state index in [4.69, 9.17) is 0 Å². The fourth-order valence-corrected chi connectivity index (χ4v) is 3.48. The summed E-state index contributed by atoms with van der Waals surface area (Å²) in [5.74, 6) is 2.82. The molecule has 4 rings (SSSR count). The van der Waals surface area contributed by atoms with Crippen LogP contribution in [0.3, 0.4) is 0 Å². The lowest BCUT2D eigenvalue weighted by Crippen LogP contribution is -2.10. The van der Waals surface area contributed by atoms with Crippen molar-refractivity contribution in [2.45, 2.75) is 32.2 Å². The zero-order valence-electron chi connectivity index (χ0n) is 10.6. The van der Waals surface area contributed by atoms with Crippen LogP contribution < -0.4 is 5.32 Å². The Hall–Kier alpha value is -1.64. The van der Waals surface area contributed by atoms with Crippen molar-refractivity contribution in [2.75, 3.05) is 5.32 Å². The molecule has 3 nitrogen and oxygen atoms in total. The molecule has 3 heteroatoms. The highest BCUT2D eigenvalue weighted by atomic mass is 15.1. The van der Waals surface area contributed by atoms with Gasteiger partial charge in [-0.1, -0.05) is 18.1 Å². The van der Waals surface area contributed by atoms with Gasteiger partial charge in [-0.3, -0.25) is 0 Å². The van der Waals surface area contributed by atoms with Crippen molar-refractivity contribution in [3.8, 4) is 0 Å². The molecule has 2 saturated carbocycles. The number of hydrogen-bond donors (Lipinski definition) is 1. The molecule has 2 aromatic rings. The number of anilines is 1. The van der Waals surface area contributed by atoms with Gasteiger partial charge in [-0.05, 0) is 43.7 Å². The average Bonchev–Trinajstić information content (AvgIpc) is 2.83. The molecule has 1 N–H and O–H groups in total. The summed E-state index contributed by atoms with van der Waals surface area (Å²) in [5.41, 5.74) is 2.29. The first-order chi connectivity index (χ1) is 8.83. The zero-order chi connectivity index (χ0) is 12.1. The number of rotatable bonds is 2. The summed E-state index contributed by atoms with van der Waals surface area (Å²) in [5, 5.41) is 4.79. The van der Waals surface area contributed by atoms with Gasteiger partial charge >= 0.3 is 0 Å². The normalized spacial score (nSPS) is 29.3. The van der Waals surface area contributed by atoms with Crippen LogP contribution in [0.5, 0.6) is 0 Å². The SMILES string of the molecule is Cc1ccc2ncnc(NC3[C@H]4CCC[C@@H]34)c2c1. The second kappa shape index (κ2) is 3.67. The molecule has 0 bridgehead atoms. The van der Waals surface area contributed by atoms with Crippen LogP contribution in [0.25, 0.3) is 10.9 Å². The van der Waals surface area contributed by atoms with Gasteiger partial charge in [0, 0.05) is 11.4 Å². The number of aromatic nitrogens is 2. The maximum atomic E-state index is 4.43. The fraction of sp³-hybridized carbons (Fsp3) is 0.467. The zero-order valence-corrected chi connectivity index (χ0v) is 10.6. The second-order valence-corrected chi connectivity index (χ2v) is 5.67. The minimum atomic E-state index is 0.664. The molecule has 18 heavy (non-hydrogen) atoms. The van der Waals surface area contributed by atoms with Crippen molar-refractivity contribution in [3.63, 3.8) is 0 Å². The van der Waals surface area contributed by atoms with E-state index >= 15 is 0 Å². The summed E-state index contributed by atoms with van der Waals surface area (Å²) in [6, 6.07) is 7.02. The Bertz CT molecular complexity index is 598. The Balaban J connectivity index is 1.69. The number of fused-ring (bicyclic) bond motifs is 2. The molecule has 0 amide bonds. The first kappa shape index (κ1) is 10.3. The molecule has 1 aromatic carbocycles. The minimum Gasteiger partial charge on any atom is -0.366 e. The molecule has 2 aliphatic rings. The number of nitrogens with zero attached hydrogens (tertiary/aromatic N) is 2. The van der Waals surface area contributed by atoms with Crippen LogP contribution in [0.1, 0.15) is 24.8 Å². The average molecular weight is 239 g/mol. The smallest absolute Gasteiger partial charge is 0.137 e. The van der Waals surface area contributed by atoms with E-state index in [1.807, 2.05) is 0 Å². The Morgan fingerprint density at radius 1 is 1.17 bits per heavy atom. The van der Waals surface area contributed by atoms with Gasteiger partial charge in [-0.2, -0.15) is 0 Å². The van der Waals surface area contributed by atoms with E-state index in [1.165, 1.54) is 24.8 Å². The maximum Gasteiger partial charge on any atom is 0.137 e. The number of aryl methyl sites for hydroxylation is 1. The first-order valence-corrected chi connectivity index (χ1v) is 6.81. The lowest BCUT2D eigenvalue weighted by Gasteiger charge is -2.10. The number of nitrogens with one attached hydrogen (secondary N) is 1. The number of hydrogen-bond acceptors (Lipinski definition) is 3. The molecular weight excluding hydrogens is 222 g/mol. The van der Waals surface area contributed by atoms with Crippen LogP contribution in [0.15, 0.2) is 24.5 Å². The predicted octanol–water partition coefficient (Wildman–Crippen LogP) is 3.15. The molecule has 2 aliphatic carbocycles. The predicted molar refractivity (Wildman–Crippen MR) is 72.5 cm³/mol. The fourth-order valence-electron chi connectivity index (χ4n) is 3.48. The van der Waals surface area contributed by atoms with E-state index < -0.39 is 0 Å². The monoisotopic (exact) mass is 239 g/mol. The Morgan fingerprint density at radius 3 is 2.83 bits per heavy atom. The summed E-state index contributed by atoms with van der Waals surface area (Å²) >= 11 is 0. The lowest BCUT2D eigenvalue weighted by molar-refractivity contribution is 0.695. The van der Waals surface area contributed by atoms with E-state index in [2.05, 4.69) is 40.4 Å². The summed E-state index contributed by atoms with van der Waals surface area (Å²) < 4.78 is 0. The molecule has 92 valence electrons. The summed E-state index contributed by atoms with van der Waals surface area (Å²) in [4.78, 5) is 8.76. The highest BCUT2D eigenvalue weighted by Gasteiger charge is 2.52. The van der Waals surface area contributed by atoms with Crippen LogP contribution >= 0.6 is 0 Å². The van der Waals surface area contributed by atoms with Gasteiger partial charge in [0.25, 0.3) is 0 Å². The molecule has 1 unspecified atom stereocenters. The first-order valence-electron chi connectivity index (χ1n) is 6.81. The maximum absolute atomic E-state index is 4.43. The molecule has 0 radical (unpaired) electrons. The van der Waals surface area contributed by atoms with Crippen molar-refractivity contribution in [1.82, 2.24) is 9.97 Å². The topological polar surface area (TPSA) is 37.8 Å². The van der Waals surface area contributed by atoms with Gasteiger partial charge in [-0.25, -0.2) is 9.97 Å². The highest BCUT2D eigenvalue weighted by Crippen LogP contribution is 2.53. The summed E-state index contributed by atoms with van der Waals surface area (Å²) in [7, 11) is 0. The highest BCUT2D eigenvalue weighted by molar-refractivity contribution is 5.89. The molecule has 1 heterocycles. The van der Waals surface area contributed by atoms with E-state index in [0.717, 1.165) is 28.6 Å². The standard InChI is InChI=1S/C15H17N3/c1-9-5-6-13-12(7-9)15(17-8-16-13)18-14-10-3-2-4-11(10)14/h5-8,10-11,14H,2-4H2,1H3,(H,16,17,18)/t10-,11+,14?. The van der Waals surface area contributed by atoms with Crippen molar-refractivity contribution < 1.29 is 0 Å². The molecule has 3 atom stereocenters. The van der Waals surface area contributed by atoms with Crippen LogP contribution in [0.4, 0.5) is 5.82 Å². The van der Waals surface area contributed by atoms with E-state index in [1.54, 1.807) is 6.33 Å². The molecule has 0 aliphatic heterocycles. The Kier molecular flexibility index (Phi) is 2.10. The molecule has 0 spiro atoms. The third kappa shape index (κ3) is 1.50. The Morgan fingerprint density at radius 2 is 2.00 bits per heavy atom. The largest absolute Gasteiger partial charge is 0.366 e. The van der Waals surface area contributed by atoms with Crippen LogP contribution in [0.2, 0.25) is 0 Å². The minimum absolute atomic E-state index is 0.664. The van der Waals surface area contributed by atoms with Gasteiger partial charge in [0.05, 0.1) is 5.52 Å². The van der Waals surface area contributed by atoms with Gasteiger partial charge in [0.2, 0.25) is 0 Å². The third-order valence-corrected chi connectivity index (χ3v) is 4.50. The van der Waals surface area contributed by atoms with E-state index in [9.17, 15) is 0 Å². The van der Waals surface area contributed by atoms with Crippen LogP contribution in [-0.2, 0) is 0 Å².